The highest BCUT2D eigenvalue weighted by atomic mass is 16.5. The largest absolute Gasteiger partial charge is 0.376 e. The van der Waals surface area contributed by atoms with Crippen molar-refractivity contribution in [3.05, 3.63) is 45.6 Å². The monoisotopic (exact) mass is 343 g/mol. The van der Waals surface area contributed by atoms with Gasteiger partial charge in [0.05, 0.1) is 24.9 Å². The van der Waals surface area contributed by atoms with Crippen molar-refractivity contribution in [1.29, 1.82) is 0 Å². The first kappa shape index (κ1) is 16.0. The number of rotatable bonds is 3. The van der Waals surface area contributed by atoms with Gasteiger partial charge in [-0.1, -0.05) is 0 Å². The number of fused-ring (bicyclic) bond motifs is 1. The van der Waals surface area contributed by atoms with E-state index >= 15 is 0 Å². The van der Waals surface area contributed by atoms with E-state index < -0.39 is 0 Å². The third-order valence-corrected chi connectivity index (χ3v) is 4.99. The SMILES string of the molecule is O=C(NC1CCC(n2nc3c(cc2=O)COCC3)CC1)c1ccn[nH]1. The first-order valence-corrected chi connectivity index (χ1v) is 8.70. The van der Waals surface area contributed by atoms with Gasteiger partial charge in [0.25, 0.3) is 11.5 Å². The summed E-state index contributed by atoms with van der Waals surface area (Å²) in [5.41, 5.74) is 2.29. The Morgan fingerprint density at radius 2 is 2.16 bits per heavy atom. The molecule has 1 fully saturated rings. The number of nitrogens with one attached hydrogen (secondary N) is 2. The van der Waals surface area contributed by atoms with Crippen LogP contribution in [0.1, 0.15) is 53.5 Å². The Kier molecular flexibility index (Phi) is 4.35. The van der Waals surface area contributed by atoms with Crippen molar-refractivity contribution >= 4 is 5.91 Å². The molecule has 0 unspecified atom stereocenters. The third-order valence-electron chi connectivity index (χ3n) is 4.99. The second-order valence-electron chi connectivity index (χ2n) is 6.65. The predicted molar refractivity (Wildman–Crippen MR) is 89.2 cm³/mol. The zero-order chi connectivity index (χ0) is 17.2. The average molecular weight is 343 g/mol. The van der Waals surface area contributed by atoms with Gasteiger partial charge in [0, 0.05) is 30.3 Å². The molecule has 1 saturated carbocycles. The van der Waals surface area contributed by atoms with Gasteiger partial charge in [-0.15, -0.1) is 0 Å². The van der Waals surface area contributed by atoms with Gasteiger partial charge in [-0.25, -0.2) is 4.68 Å². The number of hydrogen-bond donors (Lipinski definition) is 2. The molecule has 2 aromatic heterocycles. The van der Waals surface area contributed by atoms with Crippen LogP contribution in [0.4, 0.5) is 0 Å². The summed E-state index contributed by atoms with van der Waals surface area (Å²) in [6.45, 7) is 1.13. The molecule has 1 amide bonds. The molecule has 1 aliphatic heterocycles. The van der Waals surface area contributed by atoms with Gasteiger partial charge in [0.1, 0.15) is 5.69 Å². The molecule has 2 aliphatic rings. The van der Waals surface area contributed by atoms with Crippen molar-refractivity contribution in [2.24, 2.45) is 0 Å². The standard InChI is InChI=1S/C17H21N5O3/c23-16-9-11-10-25-8-6-14(11)21-22(16)13-3-1-12(2-4-13)19-17(24)15-5-7-18-20-15/h5,7,9,12-13H,1-4,6,8,10H2,(H,18,20)(H,19,24). The number of aromatic nitrogens is 4. The molecular weight excluding hydrogens is 322 g/mol. The second-order valence-corrected chi connectivity index (χ2v) is 6.65. The lowest BCUT2D eigenvalue weighted by atomic mass is 9.91. The van der Waals surface area contributed by atoms with Crippen LogP contribution < -0.4 is 10.9 Å². The van der Waals surface area contributed by atoms with Gasteiger partial charge in [0.15, 0.2) is 0 Å². The fourth-order valence-electron chi connectivity index (χ4n) is 3.60. The van der Waals surface area contributed by atoms with Crippen molar-refractivity contribution in [3.8, 4) is 0 Å². The molecule has 4 rings (SSSR count). The highest BCUT2D eigenvalue weighted by Gasteiger charge is 2.26. The molecule has 3 heterocycles. The molecule has 2 aromatic rings. The fraction of sp³-hybridized carbons (Fsp3) is 0.529. The van der Waals surface area contributed by atoms with Gasteiger partial charge < -0.3 is 10.1 Å². The van der Waals surface area contributed by atoms with Crippen LogP contribution in [0.5, 0.6) is 0 Å². The van der Waals surface area contributed by atoms with Crippen molar-refractivity contribution < 1.29 is 9.53 Å². The summed E-state index contributed by atoms with van der Waals surface area (Å²) in [7, 11) is 0. The molecule has 0 bridgehead atoms. The summed E-state index contributed by atoms with van der Waals surface area (Å²) in [6.07, 6.45) is 5.64. The summed E-state index contributed by atoms with van der Waals surface area (Å²) >= 11 is 0. The van der Waals surface area contributed by atoms with Crippen molar-refractivity contribution in [2.75, 3.05) is 6.61 Å². The minimum Gasteiger partial charge on any atom is -0.376 e. The van der Waals surface area contributed by atoms with Crippen LogP contribution >= 0.6 is 0 Å². The summed E-state index contributed by atoms with van der Waals surface area (Å²) in [5, 5.41) is 14.1. The van der Waals surface area contributed by atoms with E-state index in [9.17, 15) is 9.59 Å². The van der Waals surface area contributed by atoms with Gasteiger partial charge in [0.2, 0.25) is 0 Å². The Balaban J connectivity index is 1.40. The lowest BCUT2D eigenvalue weighted by Gasteiger charge is -2.30. The van der Waals surface area contributed by atoms with Crippen molar-refractivity contribution in [2.45, 2.75) is 50.8 Å². The smallest absolute Gasteiger partial charge is 0.269 e. The minimum atomic E-state index is -0.134. The molecule has 0 atom stereocenters. The molecular formula is C17H21N5O3. The highest BCUT2D eigenvalue weighted by Crippen LogP contribution is 2.27. The molecule has 8 heteroatoms. The first-order chi connectivity index (χ1) is 12.2. The topological polar surface area (TPSA) is 102 Å². The summed E-state index contributed by atoms with van der Waals surface area (Å²) in [6, 6.07) is 3.53. The maximum Gasteiger partial charge on any atom is 0.269 e. The average Bonchev–Trinajstić information content (AvgIpc) is 3.17. The number of aromatic amines is 1. The van der Waals surface area contributed by atoms with Crippen LogP contribution in [-0.4, -0.2) is 38.5 Å². The molecule has 132 valence electrons. The number of H-pyrrole nitrogens is 1. The molecule has 0 spiro atoms. The summed E-state index contributed by atoms with van der Waals surface area (Å²) < 4.78 is 7.02. The molecule has 0 saturated heterocycles. The number of carbonyl (C=O) groups is 1. The van der Waals surface area contributed by atoms with E-state index in [0.29, 0.717) is 18.9 Å². The maximum atomic E-state index is 12.4. The van der Waals surface area contributed by atoms with Crippen molar-refractivity contribution in [1.82, 2.24) is 25.3 Å². The molecule has 8 nitrogen and oxygen atoms in total. The maximum absolute atomic E-state index is 12.4. The number of ether oxygens (including phenoxy) is 1. The molecule has 0 aromatic carbocycles. The zero-order valence-electron chi connectivity index (χ0n) is 13.9. The van der Waals surface area contributed by atoms with Crippen LogP contribution in [0.2, 0.25) is 0 Å². The third kappa shape index (κ3) is 3.34. The summed E-state index contributed by atoms with van der Waals surface area (Å²) in [4.78, 5) is 24.4. The Morgan fingerprint density at radius 3 is 2.92 bits per heavy atom. The Labute approximate surface area is 144 Å². The number of amides is 1. The van der Waals surface area contributed by atoms with E-state index in [1.807, 2.05) is 0 Å². The number of nitrogens with zero attached hydrogens (tertiary/aromatic N) is 3. The van der Waals surface area contributed by atoms with E-state index in [1.54, 1.807) is 23.0 Å². The molecule has 25 heavy (non-hydrogen) atoms. The molecule has 1 aliphatic carbocycles. The van der Waals surface area contributed by atoms with Crippen LogP contribution in [0, 0.1) is 0 Å². The van der Waals surface area contributed by atoms with E-state index in [1.165, 1.54) is 0 Å². The number of hydrogen-bond acceptors (Lipinski definition) is 5. The van der Waals surface area contributed by atoms with Crippen LogP contribution in [0.3, 0.4) is 0 Å². The number of carbonyl (C=O) groups excluding carboxylic acids is 1. The normalized spacial score (nSPS) is 23.0. The van der Waals surface area contributed by atoms with Gasteiger partial charge in [-0.05, 0) is 31.7 Å². The Morgan fingerprint density at radius 1 is 1.32 bits per heavy atom. The molecule has 2 N–H and O–H groups in total. The first-order valence-electron chi connectivity index (χ1n) is 8.70. The van der Waals surface area contributed by atoms with E-state index in [2.05, 4.69) is 20.6 Å². The van der Waals surface area contributed by atoms with Crippen LogP contribution in [0.25, 0.3) is 0 Å². The summed E-state index contributed by atoms with van der Waals surface area (Å²) in [5.74, 6) is -0.134. The predicted octanol–water partition coefficient (Wildman–Crippen LogP) is 0.953. The van der Waals surface area contributed by atoms with Gasteiger partial charge in [-0.2, -0.15) is 10.2 Å². The van der Waals surface area contributed by atoms with Gasteiger partial charge >= 0.3 is 0 Å². The lowest BCUT2D eigenvalue weighted by molar-refractivity contribution is 0.0915. The van der Waals surface area contributed by atoms with Gasteiger partial charge in [-0.3, -0.25) is 14.7 Å². The Bertz CT molecular complexity index is 806. The quantitative estimate of drug-likeness (QED) is 0.864. The Hall–Kier alpha value is -2.48. The fourth-order valence-corrected chi connectivity index (χ4v) is 3.60. The second kappa shape index (κ2) is 6.79. The van der Waals surface area contributed by atoms with E-state index in [0.717, 1.165) is 43.4 Å². The zero-order valence-corrected chi connectivity index (χ0v) is 13.9. The van der Waals surface area contributed by atoms with Crippen molar-refractivity contribution in [3.63, 3.8) is 0 Å². The van der Waals surface area contributed by atoms with Crippen LogP contribution in [0.15, 0.2) is 23.1 Å². The lowest BCUT2D eigenvalue weighted by Crippen LogP contribution is -2.40. The van der Waals surface area contributed by atoms with E-state index in [4.69, 9.17) is 4.74 Å². The minimum absolute atomic E-state index is 0.0609. The van der Waals surface area contributed by atoms with Crippen LogP contribution in [-0.2, 0) is 17.8 Å². The van der Waals surface area contributed by atoms with E-state index in [-0.39, 0.29) is 23.6 Å². The highest BCUT2D eigenvalue weighted by molar-refractivity contribution is 5.92. The molecule has 0 radical (unpaired) electrons.